The van der Waals surface area contributed by atoms with E-state index in [4.69, 9.17) is 23.2 Å². The van der Waals surface area contributed by atoms with Crippen LogP contribution in [0.3, 0.4) is 0 Å². The van der Waals surface area contributed by atoms with Crippen molar-refractivity contribution in [1.29, 1.82) is 0 Å². The third-order valence-electron chi connectivity index (χ3n) is 4.05. The topological polar surface area (TPSA) is 66.4 Å². The van der Waals surface area contributed by atoms with E-state index in [9.17, 15) is 14.7 Å². The van der Waals surface area contributed by atoms with Crippen molar-refractivity contribution < 1.29 is 14.7 Å². The number of carbonyl (C=O) groups excluding carboxylic acids is 1. The average Bonchev–Trinajstić information content (AvgIpc) is 2.48. The summed E-state index contributed by atoms with van der Waals surface area (Å²) in [6.07, 6.45) is 3.97. The lowest BCUT2D eigenvalue weighted by molar-refractivity contribution is -0.150. The van der Waals surface area contributed by atoms with E-state index in [1.54, 1.807) is 18.2 Å². The molecule has 0 radical (unpaired) electrons. The number of carboxylic acids is 1. The molecule has 1 saturated carbocycles. The van der Waals surface area contributed by atoms with Gasteiger partial charge in [-0.05, 0) is 25.0 Å². The number of amides is 1. The van der Waals surface area contributed by atoms with Crippen molar-refractivity contribution in [2.45, 2.75) is 32.1 Å². The minimum Gasteiger partial charge on any atom is -0.481 e. The maximum atomic E-state index is 12.2. The molecule has 1 fully saturated rings. The standard InChI is InChI=1S/C15H17Cl2NO3/c16-11-6-4-5-10(12(11)17)13(19)18-9-15(14(20)21)7-2-1-3-8-15/h4-6H,1-3,7-9H2,(H,18,19)(H,20,21). The highest BCUT2D eigenvalue weighted by molar-refractivity contribution is 6.43. The number of carboxylic acid groups (broad SMARTS) is 1. The summed E-state index contributed by atoms with van der Waals surface area (Å²) in [7, 11) is 0. The lowest BCUT2D eigenvalue weighted by Crippen LogP contribution is -2.44. The number of rotatable bonds is 4. The van der Waals surface area contributed by atoms with Gasteiger partial charge in [0.05, 0.1) is 21.0 Å². The van der Waals surface area contributed by atoms with Crippen molar-refractivity contribution in [2.75, 3.05) is 6.54 Å². The number of nitrogens with one attached hydrogen (secondary N) is 1. The molecular weight excluding hydrogens is 313 g/mol. The number of halogens is 2. The maximum Gasteiger partial charge on any atom is 0.311 e. The second-order valence-corrected chi connectivity index (χ2v) is 6.22. The molecule has 0 heterocycles. The zero-order valence-corrected chi connectivity index (χ0v) is 13.0. The van der Waals surface area contributed by atoms with Crippen molar-refractivity contribution in [3.05, 3.63) is 33.8 Å². The SMILES string of the molecule is O=C(NCC1(C(=O)O)CCCCC1)c1cccc(Cl)c1Cl. The van der Waals surface area contributed by atoms with Gasteiger partial charge in [-0.2, -0.15) is 0 Å². The second kappa shape index (κ2) is 6.67. The van der Waals surface area contributed by atoms with E-state index in [0.29, 0.717) is 17.9 Å². The zero-order valence-electron chi connectivity index (χ0n) is 11.5. The Morgan fingerprint density at radius 3 is 2.48 bits per heavy atom. The first-order valence-electron chi connectivity index (χ1n) is 6.92. The number of benzene rings is 1. The van der Waals surface area contributed by atoms with Crippen LogP contribution in [-0.2, 0) is 4.79 Å². The van der Waals surface area contributed by atoms with Crippen LogP contribution in [0.1, 0.15) is 42.5 Å². The van der Waals surface area contributed by atoms with Gasteiger partial charge in [-0.3, -0.25) is 9.59 Å². The van der Waals surface area contributed by atoms with E-state index < -0.39 is 17.3 Å². The molecule has 0 spiro atoms. The van der Waals surface area contributed by atoms with Crippen LogP contribution in [0.25, 0.3) is 0 Å². The molecule has 0 saturated heterocycles. The summed E-state index contributed by atoms with van der Waals surface area (Å²) in [5.74, 6) is -1.24. The maximum absolute atomic E-state index is 12.2. The number of carbonyl (C=O) groups is 2. The van der Waals surface area contributed by atoms with Crippen molar-refractivity contribution in [1.82, 2.24) is 5.32 Å². The van der Waals surface area contributed by atoms with Crippen LogP contribution in [0.4, 0.5) is 0 Å². The second-order valence-electron chi connectivity index (χ2n) is 5.43. The molecule has 114 valence electrons. The van der Waals surface area contributed by atoms with Crippen molar-refractivity contribution >= 4 is 35.1 Å². The van der Waals surface area contributed by atoms with Gasteiger partial charge in [0.1, 0.15) is 0 Å². The molecule has 2 N–H and O–H groups in total. The summed E-state index contributed by atoms with van der Waals surface area (Å²) < 4.78 is 0. The summed E-state index contributed by atoms with van der Waals surface area (Å²) in [4.78, 5) is 23.7. The summed E-state index contributed by atoms with van der Waals surface area (Å²) in [5, 5.41) is 12.7. The van der Waals surface area contributed by atoms with E-state index in [-0.39, 0.29) is 17.1 Å². The fourth-order valence-electron chi connectivity index (χ4n) is 2.72. The summed E-state index contributed by atoms with van der Waals surface area (Å²) in [6, 6.07) is 4.80. The average molecular weight is 330 g/mol. The Labute approximate surface area is 133 Å². The molecule has 0 aromatic heterocycles. The van der Waals surface area contributed by atoms with E-state index in [1.165, 1.54) is 0 Å². The molecule has 0 atom stereocenters. The first kappa shape index (κ1) is 16.1. The Kier molecular flexibility index (Phi) is 5.12. The fraction of sp³-hybridized carbons (Fsp3) is 0.467. The number of aliphatic carboxylic acids is 1. The van der Waals surface area contributed by atoms with Gasteiger partial charge in [-0.25, -0.2) is 0 Å². The van der Waals surface area contributed by atoms with Crippen LogP contribution in [0, 0.1) is 5.41 Å². The third kappa shape index (κ3) is 3.50. The van der Waals surface area contributed by atoms with Crippen LogP contribution in [0.15, 0.2) is 18.2 Å². The van der Waals surface area contributed by atoms with Gasteiger partial charge in [0.25, 0.3) is 5.91 Å². The number of hydrogen-bond acceptors (Lipinski definition) is 2. The highest BCUT2D eigenvalue weighted by Gasteiger charge is 2.39. The molecule has 0 unspecified atom stereocenters. The molecule has 0 aliphatic heterocycles. The Hall–Kier alpha value is -1.26. The molecule has 4 nitrogen and oxygen atoms in total. The van der Waals surface area contributed by atoms with Gasteiger partial charge in [-0.15, -0.1) is 0 Å². The van der Waals surface area contributed by atoms with E-state index in [2.05, 4.69) is 5.32 Å². The van der Waals surface area contributed by atoms with E-state index in [0.717, 1.165) is 19.3 Å². The molecule has 21 heavy (non-hydrogen) atoms. The monoisotopic (exact) mass is 329 g/mol. The molecule has 1 aliphatic rings. The Morgan fingerprint density at radius 1 is 1.19 bits per heavy atom. The molecule has 1 amide bonds. The molecule has 6 heteroatoms. The molecular formula is C15H17Cl2NO3. The van der Waals surface area contributed by atoms with Gasteiger partial charge in [0, 0.05) is 6.54 Å². The minimum absolute atomic E-state index is 0.115. The zero-order chi connectivity index (χ0) is 15.5. The first-order valence-corrected chi connectivity index (χ1v) is 7.67. The predicted octanol–water partition coefficient (Wildman–Crippen LogP) is 3.76. The van der Waals surface area contributed by atoms with Crippen LogP contribution in [0.2, 0.25) is 10.0 Å². The van der Waals surface area contributed by atoms with Crippen LogP contribution in [-0.4, -0.2) is 23.5 Å². The Bertz CT molecular complexity index is 554. The van der Waals surface area contributed by atoms with Gasteiger partial charge in [0.15, 0.2) is 0 Å². The van der Waals surface area contributed by atoms with Crippen LogP contribution in [0.5, 0.6) is 0 Å². The largest absolute Gasteiger partial charge is 0.481 e. The summed E-state index contributed by atoms with van der Waals surface area (Å²) >= 11 is 11.9. The molecule has 2 rings (SSSR count). The fourth-order valence-corrected chi connectivity index (χ4v) is 3.11. The van der Waals surface area contributed by atoms with Crippen molar-refractivity contribution in [3.63, 3.8) is 0 Å². The van der Waals surface area contributed by atoms with Gasteiger partial charge in [0.2, 0.25) is 0 Å². The Balaban J connectivity index is 2.09. The summed E-state index contributed by atoms with van der Waals surface area (Å²) in [5.41, 5.74) is -0.598. The molecule has 1 aliphatic carbocycles. The molecule has 1 aromatic carbocycles. The third-order valence-corrected chi connectivity index (χ3v) is 4.87. The van der Waals surface area contributed by atoms with Crippen LogP contribution >= 0.6 is 23.2 Å². The summed E-state index contributed by atoms with van der Waals surface area (Å²) in [6.45, 7) is 0.115. The van der Waals surface area contributed by atoms with E-state index in [1.807, 2.05) is 0 Å². The lowest BCUT2D eigenvalue weighted by Gasteiger charge is -2.33. The predicted molar refractivity (Wildman–Crippen MR) is 81.9 cm³/mol. The first-order chi connectivity index (χ1) is 9.96. The van der Waals surface area contributed by atoms with Crippen molar-refractivity contribution in [3.8, 4) is 0 Å². The molecule has 1 aromatic rings. The highest BCUT2D eigenvalue weighted by atomic mass is 35.5. The van der Waals surface area contributed by atoms with Gasteiger partial charge < -0.3 is 10.4 Å². The number of hydrogen-bond donors (Lipinski definition) is 2. The van der Waals surface area contributed by atoms with Gasteiger partial charge >= 0.3 is 5.97 Å². The molecule has 0 bridgehead atoms. The van der Waals surface area contributed by atoms with Gasteiger partial charge in [-0.1, -0.05) is 48.5 Å². The van der Waals surface area contributed by atoms with Crippen molar-refractivity contribution in [2.24, 2.45) is 5.41 Å². The normalized spacial score (nSPS) is 17.2. The van der Waals surface area contributed by atoms with Crippen LogP contribution < -0.4 is 5.32 Å². The Morgan fingerprint density at radius 2 is 1.86 bits per heavy atom. The highest BCUT2D eigenvalue weighted by Crippen LogP contribution is 2.36. The smallest absolute Gasteiger partial charge is 0.311 e. The van der Waals surface area contributed by atoms with E-state index >= 15 is 0 Å². The lowest BCUT2D eigenvalue weighted by atomic mass is 9.74. The minimum atomic E-state index is -0.862. The quantitative estimate of drug-likeness (QED) is 0.883.